The van der Waals surface area contributed by atoms with Crippen molar-refractivity contribution in [3.05, 3.63) is 164 Å². The van der Waals surface area contributed by atoms with Gasteiger partial charge in [0.1, 0.15) is 23.0 Å². The smallest absolute Gasteiger partial charge is 0.412 e. The van der Waals surface area contributed by atoms with Gasteiger partial charge in [-0.05, 0) is 173 Å². The second-order valence-corrected chi connectivity index (χ2v) is 35.6. The van der Waals surface area contributed by atoms with Crippen LogP contribution in [-0.2, 0) is 78.1 Å². The quantitative estimate of drug-likeness (QED) is 0.0954. The minimum absolute atomic E-state index is 0.123. The van der Waals surface area contributed by atoms with Crippen molar-refractivity contribution < 1.29 is 27.2 Å². The molecule has 0 saturated carbocycles. The summed E-state index contributed by atoms with van der Waals surface area (Å²) in [6.45, 7) is 61.7. The van der Waals surface area contributed by atoms with E-state index in [-0.39, 0.29) is 43.3 Å². The van der Waals surface area contributed by atoms with Crippen molar-refractivity contribution in [2.75, 3.05) is 0 Å². The van der Waals surface area contributed by atoms with Crippen molar-refractivity contribution in [1.82, 2.24) is 0 Å². The molecule has 0 aliphatic carbocycles. The molecule has 0 aliphatic heterocycles. The van der Waals surface area contributed by atoms with Gasteiger partial charge in [-0.15, -0.1) is 0 Å². The van der Waals surface area contributed by atoms with Crippen LogP contribution < -0.4 is 28.7 Å². The lowest BCUT2D eigenvalue weighted by Gasteiger charge is -2.33. The molecule has 0 atom stereocenters. The van der Waals surface area contributed by atoms with Gasteiger partial charge in [0.25, 0.3) is 0 Å². The first-order valence-corrected chi connectivity index (χ1v) is 34.2. The Morgan fingerprint density at radius 2 is 0.429 bits per heavy atom. The van der Waals surface area contributed by atoms with Crippen molar-refractivity contribution in [3.8, 4) is 34.1 Å². The van der Waals surface area contributed by atoms with Crippen molar-refractivity contribution >= 4 is 25.8 Å². The highest BCUT2D eigenvalue weighted by Gasteiger charge is 2.40. The number of rotatable bonds is 15. The average molecular weight is 1180 g/mol. The molecule has 0 amide bonds. The molecule has 6 aromatic carbocycles. The Kier molecular flexibility index (Phi) is 19.4. The summed E-state index contributed by atoms with van der Waals surface area (Å²) in [5.41, 5.74) is 13.3. The zero-order valence-electron chi connectivity index (χ0n) is 57.4. The molecule has 458 valence electrons. The molecule has 0 bridgehead atoms. The molecular weight excluding hydrogens is 1070 g/mol. The molecule has 8 heteroatoms. The molecule has 6 aromatic rings. The van der Waals surface area contributed by atoms with Gasteiger partial charge in [-0.25, -0.2) is 9.13 Å². The van der Waals surface area contributed by atoms with Gasteiger partial charge in [0, 0.05) is 22.3 Å². The van der Waals surface area contributed by atoms with Crippen LogP contribution in [0.25, 0.3) is 11.1 Å². The van der Waals surface area contributed by atoms with E-state index < -0.39 is 15.2 Å². The number of aryl methyl sites for hydroxylation is 4. The summed E-state index contributed by atoms with van der Waals surface area (Å²) in [7, 11) is -8.46. The van der Waals surface area contributed by atoms with Crippen LogP contribution in [-0.4, -0.2) is 0 Å². The Morgan fingerprint density at radius 3 is 0.571 bits per heavy atom. The third kappa shape index (κ3) is 15.2. The van der Waals surface area contributed by atoms with Gasteiger partial charge in [-0.1, -0.05) is 242 Å². The summed E-state index contributed by atoms with van der Waals surface area (Å²) in [5.74, 6) is 2.22. The van der Waals surface area contributed by atoms with E-state index in [1.807, 2.05) is 48.5 Å². The molecule has 0 aromatic heterocycles. The van der Waals surface area contributed by atoms with Gasteiger partial charge < -0.3 is 18.1 Å². The topological polar surface area (TPSA) is 71.1 Å². The molecule has 0 fully saturated rings. The lowest BCUT2D eigenvalue weighted by molar-refractivity contribution is 0.385. The summed E-state index contributed by atoms with van der Waals surface area (Å²) in [6.07, 6.45) is 3.14. The summed E-state index contributed by atoms with van der Waals surface area (Å²) in [6, 6.07) is 32.9. The molecule has 0 N–H and O–H groups in total. The molecule has 0 saturated heterocycles. The fraction of sp³-hybridized carbons (Fsp3) is 0.526. The summed E-state index contributed by atoms with van der Waals surface area (Å²) < 4.78 is 61.3. The molecule has 0 radical (unpaired) electrons. The summed E-state index contributed by atoms with van der Waals surface area (Å²) in [5, 5.41) is 0.865. The lowest BCUT2D eigenvalue weighted by Crippen LogP contribution is -2.23. The zero-order valence-corrected chi connectivity index (χ0v) is 59.2. The fourth-order valence-electron chi connectivity index (χ4n) is 11.5. The molecule has 0 spiro atoms. The molecule has 84 heavy (non-hydrogen) atoms. The predicted octanol–water partition coefficient (Wildman–Crippen LogP) is 21.9. The maximum absolute atomic E-state index is 16.5. The van der Waals surface area contributed by atoms with Crippen LogP contribution in [0.1, 0.15) is 261 Å². The largest absolute Gasteiger partial charge is 0.462 e. The van der Waals surface area contributed by atoms with Crippen molar-refractivity contribution in [2.45, 2.75) is 263 Å². The zero-order chi connectivity index (χ0) is 63.5. The van der Waals surface area contributed by atoms with E-state index in [4.69, 9.17) is 18.1 Å². The highest BCUT2D eigenvalue weighted by molar-refractivity contribution is 7.63. The van der Waals surface area contributed by atoms with Gasteiger partial charge in [0.15, 0.2) is 0 Å². The van der Waals surface area contributed by atoms with E-state index in [2.05, 4.69) is 242 Å². The maximum Gasteiger partial charge on any atom is 0.462 e. The van der Waals surface area contributed by atoms with Gasteiger partial charge in [0.2, 0.25) is 0 Å². The van der Waals surface area contributed by atoms with Crippen molar-refractivity contribution in [2.24, 2.45) is 0 Å². The highest BCUT2D eigenvalue weighted by atomic mass is 31.2. The molecular formula is C76H108O6P2. The first-order chi connectivity index (χ1) is 38.2. The Labute approximate surface area is 511 Å². The minimum atomic E-state index is -4.23. The number of hydrogen-bond donors (Lipinski definition) is 0. The van der Waals surface area contributed by atoms with E-state index in [0.29, 0.717) is 33.6 Å². The van der Waals surface area contributed by atoms with E-state index in [9.17, 15) is 0 Å². The Hall–Kier alpha value is -5.02. The third-order valence-electron chi connectivity index (χ3n) is 16.4. The van der Waals surface area contributed by atoms with Gasteiger partial charge in [-0.3, -0.25) is 0 Å². The summed E-state index contributed by atoms with van der Waals surface area (Å²) >= 11 is 0. The Bertz CT molecular complexity index is 3020. The van der Waals surface area contributed by atoms with Crippen LogP contribution in [0.15, 0.2) is 97.1 Å². The van der Waals surface area contributed by atoms with Crippen LogP contribution in [0, 0.1) is 0 Å². The molecule has 0 aliphatic rings. The summed E-state index contributed by atoms with van der Waals surface area (Å²) in [4.78, 5) is 0. The number of hydrogen-bond acceptors (Lipinski definition) is 6. The van der Waals surface area contributed by atoms with Crippen LogP contribution >= 0.6 is 15.2 Å². The SMILES string of the molecule is CCc1cc(OP(=O)(Oc2cc(CC)c(C(C)(C)C)cc2C(C)(C)C)c2ccc(-c3ccc(P(=O)(Oc4cc(CC)c(C(C)(C)C)cc4C(C)(C)C)Oc4cc(CC)c(C(C)(C)C)cc4C(C)(C)C)cc3)cc2)c(C(C)(C)C)cc1C(C)(C)C. The van der Waals surface area contributed by atoms with E-state index >= 15 is 9.13 Å². The van der Waals surface area contributed by atoms with E-state index in [1.165, 1.54) is 22.3 Å². The molecule has 6 nitrogen and oxygen atoms in total. The third-order valence-corrected chi connectivity index (χ3v) is 20.0. The average Bonchev–Trinajstić information content (AvgIpc) is 0.896. The molecule has 0 heterocycles. The lowest BCUT2D eigenvalue weighted by atomic mass is 9.77. The second kappa shape index (κ2) is 23.9. The maximum atomic E-state index is 16.5. The fourth-order valence-corrected chi connectivity index (χ4v) is 14.7. The van der Waals surface area contributed by atoms with Gasteiger partial charge >= 0.3 is 15.2 Å². The minimum Gasteiger partial charge on any atom is -0.412 e. The first-order valence-electron chi connectivity index (χ1n) is 31.1. The monoisotopic (exact) mass is 1180 g/mol. The Morgan fingerprint density at radius 1 is 0.262 bits per heavy atom. The van der Waals surface area contributed by atoms with E-state index in [1.54, 1.807) is 0 Å². The molecule has 0 unspecified atom stereocenters. The van der Waals surface area contributed by atoms with Crippen LogP contribution in [0.2, 0.25) is 0 Å². The second-order valence-electron chi connectivity index (χ2n) is 31.9. The Balaban J connectivity index is 1.56. The van der Waals surface area contributed by atoms with Crippen molar-refractivity contribution in [3.63, 3.8) is 0 Å². The van der Waals surface area contributed by atoms with Crippen molar-refractivity contribution in [1.29, 1.82) is 0 Å². The molecule has 6 rings (SSSR count). The number of benzene rings is 6. The van der Waals surface area contributed by atoms with Crippen LogP contribution in [0.4, 0.5) is 0 Å². The predicted molar refractivity (Wildman–Crippen MR) is 362 cm³/mol. The highest BCUT2D eigenvalue weighted by Crippen LogP contribution is 2.56. The van der Waals surface area contributed by atoms with E-state index in [0.717, 1.165) is 81.3 Å². The standard InChI is InChI=1S/C76H108O6P2/c1-29-49-41-65(61(73(17,18)19)45-57(49)69(5,6)7)79-83(77,80-66-42-50(30-2)58(70(8,9)10)46-62(66)74(20,21)22)55-37-33-53(34-38-55)54-35-39-56(40-36-54)84(78,81-67-43-51(31-3)59(71(11,12)13)47-63(67)75(23,24)25)82-68-44-52(32-4)60(72(14,15)16)48-64(68)76(26,27)28/h33-48H,29-32H2,1-28H3. The van der Waals surface area contributed by atoms with Crippen LogP contribution in [0.5, 0.6) is 23.0 Å². The van der Waals surface area contributed by atoms with Gasteiger partial charge in [-0.2, -0.15) is 0 Å². The first kappa shape index (κ1) is 68.1. The van der Waals surface area contributed by atoms with Gasteiger partial charge in [0.05, 0.1) is 10.6 Å². The van der Waals surface area contributed by atoms with Crippen LogP contribution in [0.3, 0.4) is 0 Å². The normalized spacial score (nSPS) is 13.5.